The summed E-state index contributed by atoms with van der Waals surface area (Å²) in [5.41, 5.74) is 1.36. The van der Waals surface area contributed by atoms with Crippen LogP contribution < -0.4 is 14.8 Å². The summed E-state index contributed by atoms with van der Waals surface area (Å²) in [6.07, 6.45) is 3.25. The van der Waals surface area contributed by atoms with E-state index >= 15 is 0 Å². The number of nitrogens with one attached hydrogen (secondary N) is 1. The quantitative estimate of drug-likeness (QED) is 0.793. The maximum Gasteiger partial charge on any atom is 0.251 e. The average molecular weight is 349 g/mol. The van der Waals surface area contributed by atoms with E-state index in [2.05, 4.69) is 10.3 Å². The molecule has 0 bridgehead atoms. The van der Waals surface area contributed by atoms with Gasteiger partial charge in [-0.15, -0.1) is 0 Å². The number of hydrogen-bond donors (Lipinski definition) is 1. The Bertz CT molecular complexity index is 677. The minimum atomic E-state index is -0.215. The first-order valence-electron chi connectivity index (χ1n) is 7.84. The first kappa shape index (κ1) is 18.1. The smallest absolute Gasteiger partial charge is 0.251 e. The molecular weight excluding hydrogens is 328 g/mol. The summed E-state index contributed by atoms with van der Waals surface area (Å²) < 4.78 is 10.9. The lowest BCUT2D eigenvalue weighted by Crippen LogP contribution is -2.26. The Morgan fingerprint density at radius 2 is 2.17 bits per heavy atom. The minimum Gasteiger partial charge on any atom is -0.493 e. The minimum absolute atomic E-state index is 0.215. The number of benzene rings is 1. The summed E-state index contributed by atoms with van der Waals surface area (Å²) in [4.78, 5) is 16.5. The third-order valence-electron chi connectivity index (χ3n) is 3.34. The number of ether oxygens (including phenoxy) is 2. The van der Waals surface area contributed by atoms with Crippen LogP contribution in [0.4, 0.5) is 0 Å². The monoisotopic (exact) mass is 348 g/mol. The Morgan fingerprint density at radius 3 is 2.83 bits per heavy atom. The molecule has 0 aliphatic rings. The maximum atomic E-state index is 12.3. The van der Waals surface area contributed by atoms with E-state index in [-0.39, 0.29) is 5.91 Å². The molecule has 1 aromatic carbocycles. The number of carbonyl (C=O) groups is 1. The predicted octanol–water partition coefficient (Wildman–Crippen LogP) is 3.50. The second-order valence-corrected chi connectivity index (χ2v) is 5.57. The summed E-state index contributed by atoms with van der Waals surface area (Å²) in [7, 11) is 1.52. The number of aromatic nitrogens is 1. The van der Waals surface area contributed by atoms with E-state index in [1.54, 1.807) is 18.3 Å². The Hall–Kier alpha value is -2.27. The summed E-state index contributed by atoms with van der Waals surface area (Å²) in [6.45, 7) is 3.03. The maximum absolute atomic E-state index is 12.3. The Labute approximate surface area is 147 Å². The number of halogens is 1. The third kappa shape index (κ3) is 4.86. The Balaban J connectivity index is 2.02. The molecule has 0 aliphatic carbocycles. The molecule has 0 atom stereocenters. The van der Waals surface area contributed by atoms with Crippen LogP contribution in [0.2, 0.25) is 5.02 Å². The van der Waals surface area contributed by atoms with Gasteiger partial charge in [-0.05, 0) is 30.7 Å². The number of methoxy groups -OCH3 is 1. The lowest BCUT2D eigenvalue weighted by atomic mass is 10.1. The molecule has 0 aliphatic heterocycles. The molecule has 2 aromatic rings. The van der Waals surface area contributed by atoms with E-state index in [1.807, 2.05) is 25.1 Å². The van der Waals surface area contributed by atoms with E-state index in [9.17, 15) is 4.79 Å². The van der Waals surface area contributed by atoms with Crippen molar-refractivity contribution in [3.05, 3.63) is 52.8 Å². The molecule has 1 heterocycles. The van der Waals surface area contributed by atoms with Crippen LogP contribution in [0.3, 0.4) is 0 Å². The van der Waals surface area contributed by atoms with Gasteiger partial charge in [0, 0.05) is 30.4 Å². The van der Waals surface area contributed by atoms with Crippen molar-refractivity contribution in [3.63, 3.8) is 0 Å². The number of rotatable bonds is 8. The SMILES string of the molecule is CCCOc1c(Cl)cc(C(=O)NCCc2ccccn2)cc1OC. The lowest BCUT2D eigenvalue weighted by Gasteiger charge is -2.13. The van der Waals surface area contributed by atoms with Crippen LogP contribution >= 0.6 is 11.6 Å². The zero-order valence-corrected chi connectivity index (χ0v) is 14.6. The van der Waals surface area contributed by atoms with Gasteiger partial charge >= 0.3 is 0 Å². The van der Waals surface area contributed by atoms with Crippen LogP contribution in [0, 0.1) is 0 Å². The van der Waals surface area contributed by atoms with Crippen LogP contribution in [0.25, 0.3) is 0 Å². The van der Waals surface area contributed by atoms with E-state index in [0.717, 1.165) is 12.1 Å². The number of nitrogens with zero attached hydrogens (tertiary/aromatic N) is 1. The van der Waals surface area contributed by atoms with Crippen molar-refractivity contribution in [2.45, 2.75) is 19.8 Å². The Morgan fingerprint density at radius 1 is 1.33 bits per heavy atom. The van der Waals surface area contributed by atoms with Gasteiger partial charge in [-0.3, -0.25) is 9.78 Å². The number of pyridine rings is 1. The second-order valence-electron chi connectivity index (χ2n) is 5.16. The molecule has 24 heavy (non-hydrogen) atoms. The van der Waals surface area contributed by atoms with Crippen molar-refractivity contribution >= 4 is 17.5 Å². The molecule has 1 amide bonds. The fourth-order valence-corrected chi connectivity index (χ4v) is 2.41. The molecule has 0 saturated heterocycles. The largest absolute Gasteiger partial charge is 0.493 e. The molecule has 5 nitrogen and oxygen atoms in total. The van der Waals surface area contributed by atoms with Crippen LogP contribution in [-0.2, 0) is 6.42 Å². The highest BCUT2D eigenvalue weighted by molar-refractivity contribution is 6.32. The van der Waals surface area contributed by atoms with Gasteiger partial charge in [-0.1, -0.05) is 24.6 Å². The summed E-state index contributed by atoms with van der Waals surface area (Å²) in [5, 5.41) is 3.21. The topological polar surface area (TPSA) is 60.5 Å². The molecular formula is C18H21ClN2O3. The molecule has 128 valence electrons. The second kappa shape index (κ2) is 9.13. The van der Waals surface area contributed by atoms with Crippen LogP contribution in [0.1, 0.15) is 29.4 Å². The molecule has 0 spiro atoms. The first-order valence-corrected chi connectivity index (χ1v) is 8.22. The van der Waals surface area contributed by atoms with E-state index in [0.29, 0.717) is 41.7 Å². The molecule has 0 unspecified atom stereocenters. The predicted molar refractivity (Wildman–Crippen MR) is 94.1 cm³/mol. The first-order chi connectivity index (χ1) is 11.7. The molecule has 6 heteroatoms. The summed E-state index contributed by atoms with van der Waals surface area (Å²) in [6, 6.07) is 8.92. The molecule has 0 radical (unpaired) electrons. The molecule has 1 aromatic heterocycles. The fourth-order valence-electron chi connectivity index (χ4n) is 2.15. The number of hydrogen-bond acceptors (Lipinski definition) is 4. The standard InChI is InChI=1S/C18H21ClN2O3/c1-3-10-24-17-15(19)11-13(12-16(17)23-2)18(22)21-9-7-14-6-4-5-8-20-14/h4-6,8,11-12H,3,7,9-10H2,1-2H3,(H,21,22). The van der Waals surface area contributed by atoms with Gasteiger partial charge < -0.3 is 14.8 Å². The zero-order chi connectivity index (χ0) is 17.4. The van der Waals surface area contributed by atoms with Gasteiger partial charge in [-0.25, -0.2) is 0 Å². The van der Waals surface area contributed by atoms with Crippen LogP contribution in [-0.4, -0.2) is 31.2 Å². The van der Waals surface area contributed by atoms with Gasteiger partial charge in [-0.2, -0.15) is 0 Å². The highest BCUT2D eigenvalue weighted by atomic mass is 35.5. The van der Waals surface area contributed by atoms with Crippen molar-refractivity contribution in [3.8, 4) is 11.5 Å². The van der Waals surface area contributed by atoms with Crippen molar-refractivity contribution < 1.29 is 14.3 Å². The van der Waals surface area contributed by atoms with Gasteiger partial charge in [0.1, 0.15) is 0 Å². The fraction of sp³-hybridized carbons (Fsp3) is 0.333. The summed E-state index contributed by atoms with van der Waals surface area (Å²) >= 11 is 6.23. The zero-order valence-electron chi connectivity index (χ0n) is 13.8. The van der Waals surface area contributed by atoms with Crippen LogP contribution in [0.15, 0.2) is 36.5 Å². The third-order valence-corrected chi connectivity index (χ3v) is 3.62. The van der Waals surface area contributed by atoms with Crippen molar-refractivity contribution in [2.75, 3.05) is 20.3 Å². The average Bonchev–Trinajstić information content (AvgIpc) is 2.60. The highest BCUT2D eigenvalue weighted by Gasteiger charge is 2.15. The van der Waals surface area contributed by atoms with E-state index < -0.39 is 0 Å². The Kier molecular flexibility index (Phi) is 6.88. The van der Waals surface area contributed by atoms with Crippen molar-refractivity contribution in [1.29, 1.82) is 0 Å². The normalized spacial score (nSPS) is 10.3. The van der Waals surface area contributed by atoms with Gasteiger partial charge in [0.05, 0.1) is 18.7 Å². The van der Waals surface area contributed by atoms with Crippen LogP contribution in [0.5, 0.6) is 11.5 Å². The van der Waals surface area contributed by atoms with Crippen molar-refractivity contribution in [2.24, 2.45) is 0 Å². The highest BCUT2D eigenvalue weighted by Crippen LogP contribution is 2.36. The van der Waals surface area contributed by atoms with Gasteiger partial charge in [0.2, 0.25) is 0 Å². The molecule has 0 saturated carbocycles. The lowest BCUT2D eigenvalue weighted by molar-refractivity contribution is 0.0953. The van der Waals surface area contributed by atoms with Crippen molar-refractivity contribution in [1.82, 2.24) is 10.3 Å². The van der Waals surface area contributed by atoms with E-state index in [1.165, 1.54) is 7.11 Å². The number of carbonyl (C=O) groups excluding carboxylic acids is 1. The molecule has 1 N–H and O–H groups in total. The van der Waals surface area contributed by atoms with Gasteiger partial charge in [0.15, 0.2) is 11.5 Å². The molecule has 0 fully saturated rings. The molecule has 2 rings (SSSR count). The summed E-state index contributed by atoms with van der Waals surface area (Å²) in [5.74, 6) is 0.699. The van der Waals surface area contributed by atoms with Gasteiger partial charge in [0.25, 0.3) is 5.91 Å². The van der Waals surface area contributed by atoms with E-state index in [4.69, 9.17) is 21.1 Å². The number of amides is 1.